The van der Waals surface area contributed by atoms with Crippen LogP contribution in [-0.4, -0.2) is 56.8 Å². The van der Waals surface area contributed by atoms with Gasteiger partial charge in [0.1, 0.15) is 24.9 Å². The number of cyclic esters (lactones) is 1. The predicted molar refractivity (Wildman–Crippen MR) is 122 cm³/mol. The highest BCUT2D eigenvalue weighted by Crippen LogP contribution is 2.17. The summed E-state index contributed by atoms with van der Waals surface area (Å²) in [6, 6.07) is 20.2. The van der Waals surface area contributed by atoms with Gasteiger partial charge in [0.05, 0.1) is 6.61 Å². The highest BCUT2D eigenvalue weighted by atomic mass is 35.5. The molecule has 1 heterocycles. The first-order valence-corrected chi connectivity index (χ1v) is 11.6. The molecule has 0 bridgehead atoms. The minimum absolute atomic E-state index is 0. The van der Waals surface area contributed by atoms with Crippen molar-refractivity contribution in [2.75, 3.05) is 26.4 Å². The Morgan fingerprint density at radius 1 is 0.879 bits per heavy atom. The Morgan fingerprint density at radius 2 is 1.42 bits per heavy atom. The van der Waals surface area contributed by atoms with Crippen LogP contribution in [0.4, 0.5) is 0 Å². The highest BCUT2D eigenvalue weighted by Gasteiger charge is 2.35. The van der Waals surface area contributed by atoms with Crippen molar-refractivity contribution < 1.29 is 41.9 Å². The monoisotopic (exact) mass is 477 g/mol. The molecule has 0 saturated carbocycles. The molecule has 1 fully saturated rings. The van der Waals surface area contributed by atoms with Gasteiger partial charge in [-0.15, -0.1) is 0 Å². The zero-order valence-corrected chi connectivity index (χ0v) is 20.1. The molecule has 33 heavy (non-hydrogen) atoms. The summed E-state index contributed by atoms with van der Waals surface area (Å²) in [7, 11) is 0. The van der Waals surface area contributed by atoms with Gasteiger partial charge >= 0.3 is 5.97 Å². The first-order valence-electron chi connectivity index (χ1n) is 11.6. The van der Waals surface area contributed by atoms with Gasteiger partial charge < -0.3 is 37.1 Å². The number of esters is 1. The van der Waals surface area contributed by atoms with E-state index in [4.69, 9.17) is 18.9 Å². The van der Waals surface area contributed by atoms with E-state index < -0.39 is 18.2 Å². The van der Waals surface area contributed by atoms with Crippen LogP contribution in [0.2, 0.25) is 0 Å². The number of rotatable bonds is 10. The summed E-state index contributed by atoms with van der Waals surface area (Å²) in [5.41, 5.74) is 6.41. The molecule has 0 spiro atoms. The summed E-state index contributed by atoms with van der Waals surface area (Å²) in [5, 5.41) is 0. The number of aryl methyl sites for hydroxylation is 2. The smallest absolute Gasteiger partial charge is 0.367 e. The fraction of sp³-hybridized carbons (Fsp3) is 0.500. The zero-order valence-electron chi connectivity index (χ0n) is 19.4. The third kappa shape index (κ3) is 9.43. The normalized spacial score (nSPS) is 23.5. The average Bonchev–Trinajstić information content (AvgIpc) is 2.86. The van der Waals surface area contributed by atoms with Gasteiger partial charge in [0.25, 0.3) is 0 Å². The maximum atomic E-state index is 12.3. The predicted octanol–water partition coefficient (Wildman–Crippen LogP) is -0.401. The van der Waals surface area contributed by atoms with E-state index in [0.29, 0.717) is 19.8 Å². The van der Waals surface area contributed by atoms with Gasteiger partial charge in [0, 0.05) is 13.2 Å². The SMILES string of the molecule is C[C@@H]1OC(=O)[C@@H]([NH3+])COC[C@H](OCCCc2ccccc2)[C@H]1OCCCc1ccccc1.[Cl-]. The lowest BCUT2D eigenvalue weighted by atomic mass is 10.1. The number of ether oxygens (including phenoxy) is 4. The molecule has 182 valence electrons. The Bertz CT molecular complexity index is 792. The molecule has 3 N–H and O–H groups in total. The Labute approximate surface area is 203 Å². The molecule has 0 radical (unpaired) electrons. The van der Waals surface area contributed by atoms with E-state index in [9.17, 15) is 4.79 Å². The number of carbonyl (C=O) groups excluding carboxylic acids is 1. The van der Waals surface area contributed by atoms with Crippen LogP contribution in [-0.2, 0) is 36.6 Å². The lowest BCUT2D eigenvalue weighted by Gasteiger charge is -2.30. The molecular weight excluding hydrogens is 442 g/mol. The summed E-state index contributed by atoms with van der Waals surface area (Å²) >= 11 is 0. The summed E-state index contributed by atoms with van der Waals surface area (Å²) in [6.07, 6.45) is 2.51. The largest absolute Gasteiger partial charge is 1.00 e. The molecule has 1 aliphatic rings. The van der Waals surface area contributed by atoms with E-state index in [-0.39, 0.29) is 31.1 Å². The van der Waals surface area contributed by atoms with Crippen molar-refractivity contribution in [3.8, 4) is 0 Å². The molecule has 1 aliphatic heterocycles. The second-order valence-corrected chi connectivity index (χ2v) is 8.30. The standard InChI is InChI=1S/C26H35NO5.ClH/c1-20-25(31-17-9-15-22-12-6-3-7-13-22)24(19-29-18-23(27)26(28)32-20)30-16-8-14-21-10-4-2-5-11-21;/h2-7,10-13,20,23-25H,8-9,14-19,27H2,1H3;1H/t20-,23-,24-,25-;/m0./s1. The summed E-state index contributed by atoms with van der Waals surface area (Å²) in [6.45, 7) is 3.57. The molecule has 0 aromatic heterocycles. The lowest BCUT2D eigenvalue weighted by Crippen LogP contribution is -3.00. The Hall–Kier alpha value is -1.96. The molecule has 2 aromatic carbocycles. The second-order valence-electron chi connectivity index (χ2n) is 8.30. The van der Waals surface area contributed by atoms with Crippen LogP contribution in [0, 0.1) is 0 Å². The van der Waals surface area contributed by atoms with Crippen LogP contribution in [0.25, 0.3) is 0 Å². The number of hydrogen-bond acceptors (Lipinski definition) is 5. The number of benzene rings is 2. The Morgan fingerprint density at radius 3 is 2.00 bits per heavy atom. The Kier molecular flexibility index (Phi) is 12.4. The molecule has 6 nitrogen and oxygen atoms in total. The van der Waals surface area contributed by atoms with Gasteiger partial charge in [-0.25, -0.2) is 4.79 Å². The van der Waals surface area contributed by atoms with Crippen molar-refractivity contribution in [3.05, 3.63) is 71.8 Å². The molecule has 0 amide bonds. The van der Waals surface area contributed by atoms with Crippen LogP contribution >= 0.6 is 0 Å². The van der Waals surface area contributed by atoms with Crippen LogP contribution in [0.5, 0.6) is 0 Å². The number of halogens is 1. The minimum Gasteiger partial charge on any atom is -1.00 e. The van der Waals surface area contributed by atoms with Crippen LogP contribution in [0.3, 0.4) is 0 Å². The lowest BCUT2D eigenvalue weighted by molar-refractivity contribution is -0.415. The van der Waals surface area contributed by atoms with E-state index >= 15 is 0 Å². The maximum absolute atomic E-state index is 12.3. The molecule has 0 unspecified atom stereocenters. The van der Waals surface area contributed by atoms with Crippen molar-refractivity contribution in [1.82, 2.24) is 0 Å². The van der Waals surface area contributed by atoms with E-state index in [1.54, 1.807) is 0 Å². The first kappa shape index (κ1) is 27.3. The number of quaternary nitrogens is 1. The van der Waals surface area contributed by atoms with Crippen LogP contribution in [0.15, 0.2) is 60.7 Å². The van der Waals surface area contributed by atoms with Crippen LogP contribution < -0.4 is 18.1 Å². The molecule has 4 atom stereocenters. The fourth-order valence-electron chi connectivity index (χ4n) is 3.82. The van der Waals surface area contributed by atoms with Crippen LogP contribution in [0.1, 0.15) is 30.9 Å². The van der Waals surface area contributed by atoms with E-state index in [1.807, 2.05) is 43.3 Å². The Balaban J connectivity index is 0.00000385. The molecule has 2 aromatic rings. The van der Waals surface area contributed by atoms with Gasteiger partial charge in [-0.2, -0.15) is 0 Å². The zero-order chi connectivity index (χ0) is 22.6. The van der Waals surface area contributed by atoms with Gasteiger partial charge in [-0.1, -0.05) is 60.7 Å². The summed E-state index contributed by atoms with van der Waals surface area (Å²) in [4.78, 5) is 12.3. The highest BCUT2D eigenvalue weighted by molar-refractivity contribution is 5.74. The van der Waals surface area contributed by atoms with Crippen molar-refractivity contribution in [3.63, 3.8) is 0 Å². The second kappa shape index (κ2) is 15.0. The summed E-state index contributed by atoms with van der Waals surface area (Å²) in [5.74, 6) is -0.361. The van der Waals surface area contributed by atoms with Gasteiger partial charge in [-0.3, -0.25) is 0 Å². The molecule has 0 aliphatic carbocycles. The van der Waals surface area contributed by atoms with Crippen molar-refractivity contribution in [2.24, 2.45) is 0 Å². The van der Waals surface area contributed by atoms with E-state index in [0.717, 1.165) is 25.7 Å². The summed E-state index contributed by atoms with van der Waals surface area (Å²) < 4.78 is 23.8. The van der Waals surface area contributed by atoms with Gasteiger partial charge in [0.2, 0.25) is 6.04 Å². The van der Waals surface area contributed by atoms with Crippen molar-refractivity contribution in [1.29, 1.82) is 0 Å². The van der Waals surface area contributed by atoms with E-state index in [2.05, 4.69) is 30.0 Å². The molecular formula is C26H36ClNO5. The maximum Gasteiger partial charge on any atom is 0.367 e. The quantitative estimate of drug-likeness (QED) is 0.372. The molecule has 3 rings (SSSR count). The topological polar surface area (TPSA) is 81.6 Å². The molecule has 1 saturated heterocycles. The third-order valence-electron chi connectivity index (χ3n) is 5.61. The number of hydrogen-bond donors (Lipinski definition) is 1. The van der Waals surface area contributed by atoms with Crippen molar-refractivity contribution >= 4 is 5.97 Å². The van der Waals surface area contributed by atoms with Gasteiger partial charge in [-0.05, 0) is 43.7 Å². The third-order valence-corrected chi connectivity index (χ3v) is 5.61. The van der Waals surface area contributed by atoms with Gasteiger partial charge in [0.15, 0.2) is 0 Å². The van der Waals surface area contributed by atoms with E-state index in [1.165, 1.54) is 11.1 Å². The molecule has 7 heteroatoms. The minimum atomic E-state index is -0.548. The average molecular weight is 478 g/mol. The first-order chi connectivity index (χ1) is 15.6. The fourth-order valence-corrected chi connectivity index (χ4v) is 3.82. The van der Waals surface area contributed by atoms with Crippen molar-refractivity contribution in [2.45, 2.75) is 57.0 Å². The number of carbonyl (C=O) groups is 1.